The van der Waals surface area contributed by atoms with Gasteiger partial charge < -0.3 is 9.47 Å². The molecule has 2 aromatic rings. The summed E-state index contributed by atoms with van der Waals surface area (Å²) in [5, 5.41) is 20.8. The third-order valence-corrected chi connectivity index (χ3v) is 3.82. The number of nitrogens with zero attached hydrogens (tertiary/aromatic N) is 2. The summed E-state index contributed by atoms with van der Waals surface area (Å²) in [5.41, 5.74) is 0.851. The summed E-state index contributed by atoms with van der Waals surface area (Å²) in [6.07, 6.45) is 1.58. The average Bonchev–Trinajstić information content (AvgIpc) is 2.60. The molecule has 0 unspecified atom stereocenters. The van der Waals surface area contributed by atoms with Crippen LogP contribution in [0.2, 0.25) is 0 Å². The van der Waals surface area contributed by atoms with Gasteiger partial charge in [-0.2, -0.15) is 5.26 Å². The number of hydrogen-bond acceptors (Lipinski definition) is 5. The molecule has 122 valence electrons. The van der Waals surface area contributed by atoms with Gasteiger partial charge in [0.05, 0.1) is 36.3 Å². The number of benzene rings is 2. The molecule has 0 aliphatic carbocycles. The number of hydrogen-bond donors (Lipinski definition) is 0. The van der Waals surface area contributed by atoms with E-state index in [1.807, 2.05) is 18.2 Å². The highest BCUT2D eigenvalue weighted by Crippen LogP contribution is 2.38. The number of ether oxygens (including phenoxy) is 2. The van der Waals surface area contributed by atoms with Crippen molar-refractivity contribution in [3.05, 3.63) is 62.1 Å². The van der Waals surface area contributed by atoms with Crippen molar-refractivity contribution in [2.75, 3.05) is 14.2 Å². The molecule has 0 aromatic heterocycles. The lowest BCUT2D eigenvalue weighted by Gasteiger charge is -2.10. The minimum atomic E-state index is -0.552. The molecule has 0 heterocycles. The van der Waals surface area contributed by atoms with E-state index in [1.54, 1.807) is 18.2 Å². The normalized spacial score (nSPS) is 10.8. The maximum absolute atomic E-state index is 11.4. The second-order valence-electron chi connectivity index (χ2n) is 4.70. The van der Waals surface area contributed by atoms with Gasteiger partial charge in [-0.3, -0.25) is 10.1 Å². The molecular weight excluding hydrogens is 376 g/mol. The molecule has 0 fully saturated rings. The molecule has 0 radical (unpaired) electrons. The van der Waals surface area contributed by atoms with E-state index in [9.17, 15) is 15.4 Å². The molecule has 0 bridgehead atoms. The summed E-state index contributed by atoms with van der Waals surface area (Å²) in [5.74, 6) is 0.545. The van der Waals surface area contributed by atoms with Crippen LogP contribution in [-0.4, -0.2) is 19.1 Å². The van der Waals surface area contributed by atoms with Crippen LogP contribution in [0.15, 0.2) is 40.9 Å². The number of nitro groups is 1. The van der Waals surface area contributed by atoms with Crippen molar-refractivity contribution in [3.8, 4) is 17.6 Å². The first-order valence-corrected chi connectivity index (χ1v) is 7.57. The molecule has 6 nitrogen and oxygen atoms in total. The van der Waals surface area contributed by atoms with Crippen molar-refractivity contribution in [1.29, 1.82) is 5.26 Å². The Morgan fingerprint density at radius 3 is 2.29 bits per heavy atom. The van der Waals surface area contributed by atoms with Crippen LogP contribution in [0, 0.1) is 21.4 Å². The van der Waals surface area contributed by atoms with Crippen LogP contribution in [0.25, 0.3) is 11.6 Å². The van der Waals surface area contributed by atoms with E-state index in [0.29, 0.717) is 5.75 Å². The molecule has 0 aliphatic heterocycles. The van der Waals surface area contributed by atoms with E-state index in [0.717, 1.165) is 10.0 Å². The Kier molecular flexibility index (Phi) is 5.55. The molecule has 0 aliphatic rings. The van der Waals surface area contributed by atoms with E-state index in [2.05, 4.69) is 15.9 Å². The number of rotatable bonds is 5. The standard InChI is InChI=1S/C17H13BrN2O4/c1-23-16-8-14(15(20(21)22)9-17(16)24-2)12(10-19)7-11-3-5-13(18)6-4-11/h3-9H,1-2H3. The van der Waals surface area contributed by atoms with Gasteiger partial charge in [0.15, 0.2) is 11.5 Å². The Labute approximate surface area is 147 Å². The first kappa shape index (κ1) is 17.5. The zero-order chi connectivity index (χ0) is 17.7. The highest BCUT2D eigenvalue weighted by atomic mass is 79.9. The zero-order valence-corrected chi connectivity index (χ0v) is 14.5. The largest absolute Gasteiger partial charge is 0.493 e. The quantitative estimate of drug-likeness (QED) is 0.327. The van der Waals surface area contributed by atoms with Crippen LogP contribution in [0.3, 0.4) is 0 Å². The maximum atomic E-state index is 11.4. The minimum Gasteiger partial charge on any atom is -0.493 e. The molecule has 0 atom stereocenters. The molecule has 7 heteroatoms. The molecule has 0 saturated heterocycles. The van der Waals surface area contributed by atoms with Gasteiger partial charge in [0.1, 0.15) is 6.07 Å². The summed E-state index contributed by atoms with van der Waals surface area (Å²) in [4.78, 5) is 10.8. The van der Waals surface area contributed by atoms with Crippen LogP contribution in [0.5, 0.6) is 11.5 Å². The number of allylic oxidation sites excluding steroid dienone is 1. The van der Waals surface area contributed by atoms with Gasteiger partial charge in [0.25, 0.3) is 5.69 Å². The van der Waals surface area contributed by atoms with Crippen LogP contribution in [0.4, 0.5) is 5.69 Å². The van der Waals surface area contributed by atoms with Gasteiger partial charge in [0, 0.05) is 4.47 Å². The summed E-state index contributed by atoms with van der Waals surface area (Å²) >= 11 is 3.33. The van der Waals surface area contributed by atoms with Crippen LogP contribution < -0.4 is 9.47 Å². The first-order valence-electron chi connectivity index (χ1n) is 6.78. The van der Waals surface area contributed by atoms with Gasteiger partial charge in [0.2, 0.25) is 0 Å². The predicted molar refractivity (Wildman–Crippen MR) is 93.8 cm³/mol. The fourth-order valence-electron chi connectivity index (χ4n) is 2.13. The number of halogens is 1. The summed E-state index contributed by atoms with van der Waals surface area (Å²) in [6.45, 7) is 0. The van der Waals surface area contributed by atoms with Gasteiger partial charge in [-0.05, 0) is 29.8 Å². The van der Waals surface area contributed by atoms with Crippen LogP contribution >= 0.6 is 15.9 Å². The minimum absolute atomic E-state index is 0.157. The fraction of sp³-hybridized carbons (Fsp3) is 0.118. The van der Waals surface area contributed by atoms with E-state index in [-0.39, 0.29) is 22.6 Å². The monoisotopic (exact) mass is 388 g/mol. The van der Waals surface area contributed by atoms with E-state index < -0.39 is 4.92 Å². The van der Waals surface area contributed by atoms with Crippen LogP contribution in [0.1, 0.15) is 11.1 Å². The second-order valence-corrected chi connectivity index (χ2v) is 5.62. The Bertz CT molecular complexity index is 839. The lowest BCUT2D eigenvalue weighted by molar-refractivity contribution is -0.385. The third-order valence-electron chi connectivity index (χ3n) is 3.29. The number of nitriles is 1. The first-order chi connectivity index (χ1) is 11.5. The Morgan fingerprint density at radius 2 is 1.79 bits per heavy atom. The van der Waals surface area contributed by atoms with Crippen molar-refractivity contribution in [1.82, 2.24) is 0 Å². The topological polar surface area (TPSA) is 85.4 Å². The number of nitro benzene ring substituents is 1. The smallest absolute Gasteiger partial charge is 0.281 e. The fourth-order valence-corrected chi connectivity index (χ4v) is 2.40. The lowest BCUT2D eigenvalue weighted by atomic mass is 10.0. The third kappa shape index (κ3) is 3.73. The van der Waals surface area contributed by atoms with E-state index in [1.165, 1.54) is 26.4 Å². The van der Waals surface area contributed by atoms with Gasteiger partial charge in [-0.25, -0.2) is 0 Å². The summed E-state index contributed by atoms with van der Waals surface area (Å²) < 4.78 is 11.2. The Hall–Kier alpha value is -2.85. The number of methoxy groups -OCH3 is 2. The van der Waals surface area contributed by atoms with Gasteiger partial charge >= 0.3 is 0 Å². The van der Waals surface area contributed by atoms with E-state index in [4.69, 9.17) is 9.47 Å². The second kappa shape index (κ2) is 7.62. The lowest BCUT2D eigenvalue weighted by Crippen LogP contribution is -1.98. The molecule has 24 heavy (non-hydrogen) atoms. The van der Waals surface area contributed by atoms with Gasteiger partial charge in [-0.1, -0.05) is 28.1 Å². The Balaban J connectivity index is 2.64. The molecule has 2 aromatic carbocycles. The highest BCUT2D eigenvalue weighted by molar-refractivity contribution is 9.10. The SMILES string of the molecule is COc1cc(C(C#N)=Cc2ccc(Br)cc2)c([N+](=O)[O-])cc1OC. The summed E-state index contributed by atoms with van der Waals surface area (Å²) in [6, 6.07) is 11.9. The molecule has 2 rings (SSSR count). The maximum Gasteiger partial charge on any atom is 0.281 e. The molecular formula is C17H13BrN2O4. The van der Waals surface area contributed by atoms with Crippen molar-refractivity contribution >= 4 is 33.3 Å². The van der Waals surface area contributed by atoms with Crippen molar-refractivity contribution < 1.29 is 14.4 Å². The molecule has 0 spiro atoms. The van der Waals surface area contributed by atoms with Crippen molar-refractivity contribution in [3.63, 3.8) is 0 Å². The average molecular weight is 389 g/mol. The summed E-state index contributed by atoms with van der Waals surface area (Å²) in [7, 11) is 2.82. The molecule has 0 amide bonds. The van der Waals surface area contributed by atoms with Crippen LogP contribution in [-0.2, 0) is 0 Å². The molecule has 0 saturated carbocycles. The van der Waals surface area contributed by atoms with Crippen molar-refractivity contribution in [2.45, 2.75) is 0 Å². The predicted octanol–water partition coefficient (Wildman–Crippen LogP) is 4.44. The van der Waals surface area contributed by atoms with Gasteiger partial charge in [-0.15, -0.1) is 0 Å². The zero-order valence-electron chi connectivity index (χ0n) is 12.9. The Morgan fingerprint density at radius 1 is 1.21 bits per heavy atom. The van der Waals surface area contributed by atoms with Crippen molar-refractivity contribution in [2.24, 2.45) is 0 Å². The van der Waals surface area contributed by atoms with E-state index >= 15 is 0 Å². The molecule has 0 N–H and O–H groups in total. The highest BCUT2D eigenvalue weighted by Gasteiger charge is 2.22.